The minimum Gasteiger partial charge on any atom is -0.382 e. The van der Waals surface area contributed by atoms with Crippen LogP contribution in [-0.4, -0.2) is 47.9 Å². The molecule has 0 bridgehead atoms. The van der Waals surface area contributed by atoms with Crippen LogP contribution in [0.1, 0.15) is 12.7 Å². The van der Waals surface area contributed by atoms with Crippen molar-refractivity contribution in [1.82, 2.24) is 35.4 Å². The number of benzene rings is 1. The van der Waals surface area contributed by atoms with Crippen LogP contribution in [0.25, 0.3) is 33.2 Å². The van der Waals surface area contributed by atoms with Crippen molar-refractivity contribution in [2.45, 2.75) is 18.8 Å². The van der Waals surface area contributed by atoms with Gasteiger partial charge in [0.15, 0.2) is 5.37 Å². The van der Waals surface area contributed by atoms with E-state index in [4.69, 9.17) is 10.7 Å². The molecule has 0 saturated heterocycles. The molecule has 30 heavy (non-hydrogen) atoms. The molecule has 4 aromatic rings. The van der Waals surface area contributed by atoms with Crippen LogP contribution in [0.5, 0.6) is 0 Å². The standard InChI is InChI=1S/C20H20N8OS/c1-2-28(20(29)19-22-7-8-30-19)10-15-25-16-12-4-3-11(13-5-6-23-27-13)9-14(12)24-18(21)17(16)26-15/h3-9,19,22H,2,10H2,1H3,(H2,21,24)(H,23,27)(H,25,26). The molecule has 1 aromatic carbocycles. The number of H-pyrrole nitrogens is 2. The first kappa shape index (κ1) is 18.5. The number of pyridine rings is 1. The van der Waals surface area contributed by atoms with Crippen molar-refractivity contribution in [1.29, 1.82) is 0 Å². The van der Waals surface area contributed by atoms with Gasteiger partial charge >= 0.3 is 0 Å². The predicted octanol–water partition coefficient (Wildman–Crippen LogP) is 2.57. The minimum absolute atomic E-state index is 0.0214. The van der Waals surface area contributed by atoms with Gasteiger partial charge in [0.1, 0.15) is 22.7 Å². The number of aromatic amines is 2. The third-order valence-corrected chi connectivity index (χ3v) is 6.01. The zero-order chi connectivity index (χ0) is 20.7. The lowest BCUT2D eigenvalue weighted by atomic mass is 10.1. The SMILES string of the molecule is CCN(Cc1nc2c([nH]1)c(N)nc1cc(-c3ccn[nH]3)ccc12)C(=O)C1NC=CS1. The van der Waals surface area contributed by atoms with E-state index < -0.39 is 0 Å². The Hall–Kier alpha value is -3.53. The van der Waals surface area contributed by atoms with Crippen LogP contribution in [0.3, 0.4) is 0 Å². The molecule has 5 N–H and O–H groups in total. The first-order valence-corrected chi connectivity index (χ1v) is 10.5. The largest absolute Gasteiger partial charge is 0.382 e. The Labute approximate surface area is 176 Å². The second-order valence-electron chi connectivity index (χ2n) is 6.94. The Morgan fingerprint density at radius 3 is 2.93 bits per heavy atom. The van der Waals surface area contributed by atoms with Crippen LogP contribution in [0, 0.1) is 0 Å². The fraction of sp³-hybridized carbons (Fsp3) is 0.200. The van der Waals surface area contributed by atoms with Gasteiger partial charge in [-0.15, -0.1) is 0 Å². The number of thioether (sulfide) groups is 1. The van der Waals surface area contributed by atoms with Crippen molar-refractivity contribution < 1.29 is 4.79 Å². The van der Waals surface area contributed by atoms with Gasteiger partial charge in [0.25, 0.3) is 5.91 Å². The molecule has 0 fully saturated rings. The Kier molecular flexibility index (Phi) is 4.55. The number of fused-ring (bicyclic) bond motifs is 3. The molecule has 9 nitrogen and oxygen atoms in total. The minimum atomic E-state index is -0.289. The number of imidazole rings is 1. The fourth-order valence-electron chi connectivity index (χ4n) is 3.58. The van der Waals surface area contributed by atoms with Gasteiger partial charge in [0.05, 0.1) is 17.8 Å². The highest BCUT2D eigenvalue weighted by molar-refractivity contribution is 8.03. The lowest BCUT2D eigenvalue weighted by Gasteiger charge is -2.22. The first-order chi connectivity index (χ1) is 14.6. The number of nitrogens with zero attached hydrogens (tertiary/aromatic N) is 4. The highest BCUT2D eigenvalue weighted by Crippen LogP contribution is 2.29. The van der Waals surface area contributed by atoms with Gasteiger partial charge < -0.3 is 20.9 Å². The number of likely N-dealkylation sites (N-methyl/N-ethyl adjacent to an activating group) is 1. The molecular weight excluding hydrogens is 400 g/mol. The van der Waals surface area contributed by atoms with E-state index in [-0.39, 0.29) is 11.3 Å². The van der Waals surface area contributed by atoms with E-state index in [9.17, 15) is 4.79 Å². The molecule has 1 atom stereocenters. The molecular formula is C20H20N8OS. The summed E-state index contributed by atoms with van der Waals surface area (Å²) in [5, 5.41) is 12.5. The van der Waals surface area contributed by atoms with Crippen LogP contribution in [0.15, 0.2) is 42.1 Å². The molecule has 3 aromatic heterocycles. The molecule has 0 spiro atoms. The number of nitrogens with two attached hydrogens (primary N) is 1. The Balaban J connectivity index is 1.50. The summed E-state index contributed by atoms with van der Waals surface area (Å²) in [6.45, 7) is 2.91. The normalized spacial score (nSPS) is 15.7. The molecule has 4 heterocycles. The summed E-state index contributed by atoms with van der Waals surface area (Å²) < 4.78 is 0. The Bertz CT molecular complexity index is 1260. The molecule has 0 saturated carbocycles. The second-order valence-corrected chi connectivity index (χ2v) is 7.96. The van der Waals surface area contributed by atoms with Crippen molar-refractivity contribution in [3.8, 4) is 11.3 Å². The van der Waals surface area contributed by atoms with Crippen LogP contribution < -0.4 is 11.1 Å². The average molecular weight is 421 g/mol. The summed E-state index contributed by atoms with van der Waals surface area (Å²) in [6.07, 6.45) is 3.50. The lowest BCUT2D eigenvalue weighted by Crippen LogP contribution is -2.41. The van der Waals surface area contributed by atoms with E-state index in [2.05, 4.69) is 25.5 Å². The van der Waals surface area contributed by atoms with Crippen LogP contribution in [0.4, 0.5) is 5.82 Å². The number of nitrogen functional groups attached to an aromatic ring is 1. The van der Waals surface area contributed by atoms with Gasteiger partial charge in [-0.05, 0) is 30.5 Å². The maximum Gasteiger partial charge on any atom is 0.256 e. The zero-order valence-corrected chi connectivity index (χ0v) is 17.0. The molecule has 1 amide bonds. The van der Waals surface area contributed by atoms with Crippen LogP contribution in [-0.2, 0) is 11.3 Å². The quantitative estimate of drug-likeness (QED) is 0.390. The number of anilines is 1. The summed E-state index contributed by atoms with van der Waals surface area (Å²) in [7, 11) is 0. The number of hydrogen-bond acceptors (Lipinski definition) is 7. The summed E-state index contributed by atoms with van der Waals surface area (Å²) >= 11 is 1.46. The van der Waals surface area contributed by atoms with Gasteiger partial charge in [-0.3, -0.25) is 9.89 Å². The molecule has 1 aliphatic rings. The molecule has 5 rings (SSSR count). The van der Waals surface area contributed by atoms with Gasteiger partial charge in [0.2, 0.25) is 0 Å². The number of nitrogens with one attached hydrogen (secondary N) is 3. The number of amides is 1. The summed E-state index contributed by atoms with van der Waals surface area (Å²) in [5.41, 5.74) is 10.3. The van der Waals surface area contributed by atoms with Gasteiger partial charge in [-0.25, -0.2) is 9.97 Å². The van der Waals surface area contributed by atoms with E-state index in [0.29, 0.717) is 30.2 Å². The number of hydrogen-bond donors (Lipinski definition) is 4. The number of aromatic nitrogens is 5. The van der Waals surface area contributed by atoms with Crippen molar-refractivity contribution in [2.24, 2.45) is 0 Å². The fourth-order valence-corrected chi connectivity index (χ4v) is 4.31. The van der Waals surface area contributed by atoms with E-state index in [0.717, 1.165) is 27.7 Å². The zero-order valence-electron chi connectivity index (χ0n) is 16.2. The lowest BCUT2D eigenvalue weighted by molar-refractivity contribution is -0.131. The molecule has 1 unspecified atom stereocenters. The van der Waals surface area contributed by atoms with Crippen LogP contribution in [0.2, 0.25) is 0 Å². The summed E-state index contributed by atoms with van der Waals surface area (Å²) in [4.78, 5) is 27.1. The second kappa shape index (κ2) is 7.38. The highest BCUT2D eigenvalue weighted by Gasteiger charge is 2.25. The smallest absolute Gasteiger partial charge is 0.256 e. The molecule has 1 aliphatic heterocycles. The number of rotatable bonds is 5. The van der Waals surface area contributed by atoms with Gasteiger partial charge in [0, 0.05) is 29.9 Å². The van der Waals surface area contributed by atoms with Gasteiger partial charge in [-0.2, -0.15) is 5.10 Å². The van der Waals surface area contributed by atoms with Crippen molar-refractivity contribution in [3.63, 3.8) is 0 Å². The van der Waals surface area contributed by atoms with E-state index in [1.54, 1.807) is 17.3 Å². The summed E-state index contributed by atoms with van der Waals surface area (Å²) in [6, 6.07) is 7.85. The average Bonchev–Trinajstić information content (AvgIpc) is 3.53. The molecule has 10 heteroatoms. The number of carbonyl (C=O) groups is 1. The van der Waals surface area contributed by atoms with Crippen molar-refractivity contribution in [3.05, 3.63) is 47.9 Å². The third-order valence-electron chi connectivity index (χ3n) is 5.10. The topological polar surface area (TPSA) is 129 Å². The maximum atomic E-state index is 12.7. The highest BCUT2D eigenvalue weighted by atomic mass is 32.2. The molecule has 152 valence electrons. The monoisotopic (exact) mass is 420 g/mol. The Morgan fingerprint density at radius 1 is 1.30 bits per heavy atom. The van der Waals surface area contributed by atoms with Gasteiger partial charge in [-0.1, -0.05) is 17.8 Å². The Morgan fingerprint density at radius 2 is 2.20 bits per heavy atom. The number of carbonyl (C=O) groups excluding carboxylic acids is 1. The molecule has 0 aliphatic carbocycles. The first-order valence-electron chi connectivity index (χ1n) is 9.57. The van der Waals surface area contributed by atoms with Crippen molar-refractivity contribution in [2.75, 3.05) is 12.3 Å². The van der Waals surface area contributed by atoms with Crippen molar-refractivity contribution >= 4 is 45.4 Å². The third kappa shape index (κ3) is 3.14. The van der Waals surface area contributed by atoms with Crippen LogP contribution >= 0.6 is 11.8 Å². The van der Waals surface area contributed by atoms with E-state index >= 15 is 0 Å². The maximum absolute atomic E-state index is 12.7. The van der Waals surface area contributed by atoms with E-state index in [1.807, 2.05) is 36.6 Å². The van der Waals surface area contributed by atoms with E-state index in [1.165, 1.54) is 11.8 Å². The predicted molar refractivity (Wildman–Crippen MR) is 118 cm³/mol. The summed E-state index contributed by atoms with van der Waals surface area (Å²) in [5.74, 6) is 1.08. The molecule has 0 radical (unpaired) electrons.